The Morgan fingerprint density at radius 3 is 2.82 bits per heavy atom. The molecule has 0 unspecified atom stereocenters. The molecule has 0 atom stereocenters. The van der Waals surface area contributed by atoms with E-state index in [9.17, 15) is 0 Å². The maximum atomic E-state index is 6.07. The lowest BCUT2D eigenvalue weighted by molar-refractivity contribution is 0.450. The Bertz CT molecular complexity index is 699. The van der Waals surface area contributed by atoms with E-state index in [2.05, 4.69) is 15.1 Å². The summed E-state index contributed by atoms with van der Waals surface area (Å²) in [4.78, 5) is 7.31. The number of hydrogen-bond donors (Lipinski definition) is 1. The molecule has 0 aliphatic carbocycles. The van der Waals surface area contributed by atoms with Crippen molar-refractivity contribution in [2.24, 2.45) is 0 Å². The van der Waals surface area contributed by atoms with Crippen LogP contribution < -0.4 is 0 Å². The maximum absolute atomic E-state index is 6.07. The number of hydrogen-bond acceptors (Lipinski definition) is 3. The fourth-order valence-electron chi connectivity index (χ4n) is 1.86. The largest absolute Gasteiger partial charge is 0.356 e. The van der Waals surface area contributed by atoms with Crippen molar-refractivity contribution < 1.29 is 4.52 Å². The van der Waals surface area contributed by atoms with Crippen LogP contribution in [0.2, 0.25) is 5.15 Å². The average molecular weight is 248 g/mol. The second-order valence-electron chi connectivity index (χ2n) is 3.96. The summed E-state index contributed by atoms with van der Waals surface area (Å²) in [5.74, 6) is 0.791. The Balaban J connectivity index is 2.21. The van der Waals surface area contributed by atoms with Crippen molar-refractivity contribution in [1.29, 1.82) is 0 Å². The Labute approximate surface area is 103 Å². The standard InChI is InChI=1S/C12H10ClN3O/c1-6-9-4-3-8(5-10(9)17-16-6)11-12(13)15-7(2)14-11/h3-5H,1-2H3,(H,14,15). The average Bonchev–Trinajstić information content (AvgIpc) is 2.82. The quantitative estimate of drug-likeness (QED) is 0.716. The third kappa shape index (κ3) is 1.61. The maximum Gasteiger partial charge on any atom is 0.167 e. The molecule has 86 valence electrons. The lowest BCUT2D eigenvalue weighted by Crippen LogP contribution is -1.79. The number of imidazole rings is 1. The van der Waals surface area contributed by atoms with Gasteiger partial charge in [-0.3, -0.25) is 0 Å². The summed E-state index contributed by atoms with van der Waals surface area (Å²) in [6.45, 7) is 3.78. The van der Waals surface area contributed by atoms with Crippen molar-refractivity contribution in [2.75, 3.05) is 0 Å². The van der Waals surface area contributed by atoms with Crippen molar-refractivity contribution in [3.05, 3.63) is 34.9 Å². The zero-order valence-corrected chi connectivity index (χ0v) is 10.2. The van der Waals surface area contributed by atoms with E-state index in [-0.39, 0.29) is 0 Å². The predicted molar refractivity (Wildman–Crippen MR) is 66.1 cm³/mol. The molecule has 0 aliphatic rings. The van der Waals surface area contributed by atoms with Gasteiger partial charge in [0.2, 0.25) is 0 Å². The number of H-pyrrole nitrogens is 1. The van der Waals surface area contributed by atoms with E-state index in [4.69, 9.17) is 16.1 Å². The van der Waals surface area contributed by atoms with Gasteiger partial charge in [0.05, 0.1) is 5.69 Å². The number of aromatic nitrogens is 3. The molecule has 0 bridgehead atoms. The topological polar surface area (TPSA) is 54.7 Å². The molecule has 0 fully saturated rings. The second kappa shape index (κ2) is 3.60. The van der Waals surface area contributed by atoms with Crippen LogP contribution in [-0.2, 0) is 0 Å². The summed E-state index contributed by atoms with van der Waals surface area (Å²) in [5, 5.41) is 5.47. The van der Waals surface area contributed by atoms with E-state index >= 15 is 0 Å². The van der Waals surface area contributed by atoms with E-state index in [0.717, 1.165) is 33.7 Å². The van der Waals surface area contributed by atoms with E-state index in [1.807, 2.05) is 32.0 Å². The Kier molecular flexibility index (Phi) is 2.19. The van der Waals surface area contributed by atoms with E-state index in [0.29, 0.717) is 5.15 Å². The number of rotatable bonds is 1. The molecule has 3 rings (SSSR count). The fourth-order valence-corrected chi connectivity index (χ4v) is 2.15. The lowest BCUT2D eigenvalue weighted by Gasteiger charge is -1.97. The molecule has 0 aliphatic heterocycles. The molecule has 0 radical (unpaired) electrons. The SMILES string of the molecule is Cc1nc(-c2ccc3c(C)noc3c2)c(Cl)[nH]1. The number of aryl methyl sites for hydroxylation is 2. The van der Waals surface area contributed by atoms with Crippen molar-refractivity contribution in [2.45, 2.75) is 13.8 Å². The molecule has 0 spiro atoms. The number of halogens is 1. The first-order chi connectivity index (χ1) is 8.15. The van der Waals surface area contributed by atoms with Crippen LogP contribution in [0.1, 0.15) is 11.5 Å². The predicted octanol–water partition coefficient (Wildman–Crippen LogP) is 3.49. The van der Waals surface area contributed by atoms with Crippen LogP contribution in [0, 0.1) is 13.8 Å². The molecule has 2 aromatic heterocycles. The Morgan fingerprint density at radius 2 is 2.12 bits per heavy atom. The third-order valence-electron chi connectivity index (χ3n) is 2.70. The second-order valence-corrected chi connectivity index (χ2v) is 4.34. The molecule has 17 heavy (non-hydrogen) atoms. The number of benzene rings is 1. The summed E-state index contributed by atoms with van der Waals surface area (Å²) in [6, 6.07) is 5.84. The van der Waals surface area contributed by atoms with Crippen LogP contribution >= 0.6 is 11.6 Å². The summed E-state index contributed by atoms with van der Waals surface area (Å²) in [5.41, 5.74) is 3.29. The van der Waals surface area contributed by atoms with Gasteiger partial charge in [0, 0.05) is 10.9 Å². The summed E-state index contributed by atoms with van der Waals surface area (Å²) in [6.07, 6.45) is 0. The third-order valence-corrected chi connectivity index (χ3v) is 2.98. The fraction of sp³-hybridized carbons (Fsp3) is 0.167. The van der Waals surface area contributed by atoms with Crippen molar-refractivity contribution in [1.82, 2.24) is 15.1 Å². The normalized spacial score (nSPS) is 11.2. The first-order valence-corrected chi connectivity index (χ1v) is 5.61. The Hall–Kier alpha value is -1.81. The number of nitrogens with zero attached hydrogens (tertiary/aromatic N) is 2. The van der Waals surface area contributed by atoms with Gasteiger partial charge < -0.3 is 9.51 Å². The van der Waals surface area contributed by atoms with Crippen LogP contribution in [-0.4, -0.2) is 15.1 Å². The molecule has 4 nitrogen and oxygen atoms in total. The van der Waals surface area contributed by atoms with Crippen LogP contribution in [0.5, 0.6) is 0 Å². The van der Waals surface area contributed by atoms with Gasteiger partial charge in [-0.15, -0.1) is 0 Å². The van der Waals surface area contributed by atoms with Crippen LogP contribution in [0.4, 0.5) is 0 Å². The summed E-state index contributed by atoms with van der Waals surface area (Å²) in [7, 11) is 0. The highest BCUT2D eigenvalue weighted by Crippen LogP contribution is 2.29. The van der Waals surface area contributed by atoms with Crippen molar-refractivity contribution >= 4 is 22.6 Å². The van der Waals surface area contributed by atoms with Gasteiger partial charge in [-0.25, -0.2) is 4.98 Å². The molecule has 0 saturated carbocycles. The summed E-state index contributed by atoms with van der Waals surface area (Å²) < 4.78 is 5.23. The zero-order valence-electron chi connectivity index (χ0n) is 9.41. The van der Waals surface area contributed by atoms with Gasteiger partial charge in [-0.1, -0.05) is 22.8 Å². The van der Waals surface area contributed by atoms with Crippen molar-refractivity contribution in [3.63, 3.8) is 0 Å². The van der Waals surface area contributed by atoms with Gasteiger partial charge in [0.1, 0.15) is 16.7 Å². The van der Waals surface area contributed by atoms with Crippen molar-refractivity contribution in [3.8, 4) is 11.3 Å². The monoisotopic (exact) mass is 247 g/mol. The Morgan fingerprint density at radius 1 is 1.29 bits per heavy atom. The van der Waals surface area contributed by atoms with Gasteiger partial charge in [0.25, 0.3) is 0 Å². The summed E-state index contributed by atoms with van der Waals surface area (Å²) >= 11 is 6.07. The minimum atomic E-state index is 0.540. The van der Waals surface area contributed by atoms with E-state index in [1.165, 1.54) is 0 Å². The zero-order chi connectivity index (χ0) is 12.0. The van der Waals surface area contributed by atoms with Gasteiger partial charge in [-0.2, -0.15) is 0 Å². The molecule has 3 aromatic rings. The van der Waals surface area contributed by atoms with Crippen LogP contribution in [0.25, 0.3) is 22.2 Å². The minimum Gasteiger partial charge on any atom is -0.356 e. The van der Waals surface area contributed by atoms with E-state index in [1.54, 1.807) is 0 Å². The van der Waals surface area contributed by atoms with Crippen LogP contribution in [0.3, 0.4) is 0 Å². The first-order valence-electron chi connectivity index (χ1n) is 5.23. The smallest absolute Gasteiger partial charge is 0.167 e. The number of fused-ring (bicyclic) bond motifs is 1. The number of nitrogens with one attached hydrogen (secondary N) is 1. The highest BCUT2D eigenvalue weighted by Gasteiger charge is 2.11. The highest BCUT2D eigenvalue weighted by atomic mass is 35.5. The molecule has 0 saturated heterocycles. The van der Waals surface area contributed by atoms with Gasteiger partial charge in [0.15, 0.2) is 5.58 Å². The highest BCUT2D eigenvalue weighted by molar-refractivity contribution is 6.32. The first kappa shape index (κ1) is 10.4. The molecule has 1 aromatic carbocycles. The molecule has 2 heterocycles. The molecular weight excluding hydrogens is 238 g/mol. The molecule has 5 heteroatoms. The van der Waals surface area contributed by atoms with E-state index < -0.39 is 0 Å². The minimum absolute atomic E-state index is 0.540. The van der Waals surface area contributed by atoms with Gasteiger partial charge >= 0.3 is 0 Å². The number of aromatic amines is 1. The molecule has 1 N–H and O–H groups in total. The van der Waals surface area contributed by atoms with Gasteiger partial charge in [-0.05, 0) is 26.0 Å². The van der Waals surface area contributed by atoms with Crippen LogP contribution in [0.15, 0.2) is 22.7 Å². The molecular formula is C12H10ClN3O. The molecule has 0 amide bonds. The lowest BCUT2D eigenvalue weighted by atomic mass is 10.1.